The summed E-state index contributed by atoms with van der Waals surface area (Å²) in [5.41, 5.74) is 9.10. The van der Waals surface area contributed by atoms with Crippen molar-refractivity contribution < 1.29 is 9.47 Å². The van der Waals surface area contributed by atoms with Gasteiger partial charge in [-0.25, -0.2) is 0 Å². The maximum Gasteiger partial charge on any atom is 0.122 e. The molecule has 1 aromatic rings. The van der Waals surface area contributed by atoms with Crippen LogP contribution in [0.15, 0.2) is 12.1 Å². The zero-order valence-electron chi connectivity index (χ0n) is 10.4. The molecule has 1 rings (SSSR count). The second kappa shape index (κ2) is 6.51. The highest BCUT2D eigenvalue weighted by atomic mass is 16.5. The van der Waals surface area contributed by atoms with E-state index in [0.29, 0.717) is 19.8 Å². The van der Waals surface area contributed by atoms with E-state index in [0.717, 1.165) is 12.2 Å². The third kappa shape index (κ3) is 3.51. The van der Waals surface area contributed by atoms with Crippen LogP contribution in [0.4, 0.5) is 0 Å². The van der Waals surface area contributed by atoms with Crippen LogP contribution in [0.1, 0.15) is 16.7 Å². The monoisotopic (exact) mass is 223 g/mol. The molecule has 0 radical (unpaired) electrons. The van der Waals surface area contributed by atoms with Gasteiger partial charge in [-0.05, 0) is 43.0 Å². The third-order valence-corrected chi connectivity index (χ3v) is 2.67. The van der Waals surface area contributed by atoms with Gasteiger partial charge in [0, 0.05) is 6.54 Å². The maximum atomic E-state index is 5.38. The maximum absolute atomic E-state index is 5.38. The summed E-state index contributed by atoms with van der Waals surface area (Å²) >= 11 is 0. The molecule has 0 amide bonds. The summed E-state index contributed by atoms with van der Waals surface area (Å²) < 4.78 is 10.7. The number of hydrogen-bond acceptors (Lipinski definition) is 3. The first-order chi connectivity index (χ1) is 7.69. The molecule has 0 heterocycles. The van der Waals surface area contributed by atoms with E-state index in [4.69, 9.17) is 15.2 Å². The van der Waals surface area contributed by atoms with Crippen molar-refractivity contribution in [3.8, 4) is 5.75 Å². The molecule has 0 aromatic heterocycles. The summed E-state index contributed by atoms with van der Waals surface area (Å²) in [6, 6.07) is 4.24. The highest BCUT2D eigenvalue weighted by Crippen LogP contribution is 2.23. The average Bonchev–Trinajstić information content (AvgIpc) is 2.28. The SMILES string of the molecule is COc1cc(C)c(C)cc1CCOCCN. The molecular formula is C13H21NO2. The average molecular weight is 223 g/mol. The molecule has 0 bridgehead atoms. The van der Waals surface area contributed by atoms with Gasteiger partial charge in [0.25, 0.3) is 0 Å². The second-order valence-electron chi connectivity index (χ2n) is 3.90. The minimum absolute atomic E-state index is 0.573. The fourth-order valence-electron chi connectivity index (χ4n) is 1.60. The van der Waals surface area contributed by atoms with Crippen molar-refractivity contribution in [2.24, 2.45) is 5.73 Å². The molecule has 16 heavy (non-hydrogen) atoms. The van der Waals surface area contributed by atoms with Gasteiger partial charge in [-0.2, -0.15) is 0 Å². The van der Waals surface area contributed by atoms with Crippen LogP contribution >= 0.6 is 0 Å². The molecular weight excluding hydrogens is 202 g/mol. The quantitative estimate of drug-likeness (QED) is 0.748. The molecule has 0 aliphatic rings. The van der Waals surface area contributed by atoms with Crippen LogP contribution < -0.4 is 10.5 Å². The summed E-state index contributed by atoms with van der Waals surface area (Å²) in [5, 5.41) is 0. The molecule has 0 unspecified atom stereocenters. The Balaban J connectivity index is 2.66. The minimum atomic E-state index is 0.573. The number of nitrogens with two attached hydrogens (primary N) is 1. The van der Waals surface area contributed by atoms with Gasteiger partial charge in [0.2, 0.25) is 0 Å². The Hall–Kier alpha value is -1.06. The van der Waals surface area contributed by atoms with Crippen molar-refractivity contribution in [1.82, 2.24) is 0 Å². The standard InChI is InChI=1S/C13H21NO2/c1-10-8-12(4-6-16-7-5-14)13(15-3)9-11(10)2/h8-9H,4-7,14H2,1-3H3. The van der Waals surface area contributed by atoms with Crippen molar-refractivity contribution in [2.75, 3.05) is 26.9 Å². The first-order valence-electron chi connectivity index (χ1n) is 5.61. The summed E-state index contributed by atoms with van der Waals surface area (Å²) in [6.07, 6.45) is 0.865. The minimum Gasteiger partial charge on any atom is -0.496 e. The number of hydrogen-bond donors (Lipinski definition) is 1. The van der Waals surface area contributed by atoms with Gasteiger partial charge < -0.3 is 15.2 Å². The van der Waals surface area contributed by atoms with Crippen molar-refractivity contribution in [3.63, 3.8) is 0 Å². The Bertz CT molecular complexity index is 337. The Morgan fingerprint density at radius 2 is 1.81 bits per heavy atom. The highest BCUT2D eigenvalue weighted by molar-refractivity contribution is 5.41. The summed E-state index contributed by atoms with van der Waals surface area (Å²) in [4.78, 5) is 0. The van der Waals surface area contributed by atoms with E-state index in [9.17, 15) is 0 Å². The molecule has 0 aliphatic carbocycles. The van der Waals surface area contributed by atoms with Gasteiger partial charge in [0.05, 0.1) is 20.3 Å². The lowest BCUT2D eigenvalue weighted by Crippen LogP contribution is -2.10. The first kappa shape index (κ1) is 13.0. The molecule has 3 heteroatoms. The lowest BCUT2D eigenvalue weighted by Gasteiger charge is -2.11. The van der Waals surface area contributed by atoms with Gasteiger partial charge >= 0.3 is 0 Å². The number of aryl methyl sites for hydroxylation is 2. The molecule has 0 saturated heterocycles. The van der Waals surface area contributed by atoms with Crippen LogP contribution in [0.25, 0.3) is 0 Å². The number of ether oxygens (including phenoxy) is 2. The number of methoxy groups -OCH3 is 1. The lowest BCUT2D eigenvalue weighted by atomic mass is 10.0. The van der Waals surface area contributed by atoms with Crippen LogP contribution in [0.5, 0.6) is 5.75 Å². The van der Waals surface area contributed by atoms with Crippen LogP contribution in [-0.4, -0.2) is 26.9 Å². The Kier molecular flexibility index (Phi) is 5.29. The Morgan fingerprint density at radius 1 is 1.12 bits per heavy atom. The predicted octanol–water partition coefficient (Wildman–Crippen LogP) is 1.83. The van der Waals surface area contributed by atoms with E-state index in [1.54, 1.807) is 7.11 Å². The second-order valence-corrected chi connectivity index (χ2v) is 3.90. The molecule has 0 saturated carbocycles. The molecule has 3 nitrogen and oxygen atoms in total. The Morgan fingerprint density at radius 3 is 2.44 bits per heavy atom. The van der Waals surface area contributed by atoms with Crippen LogP contribution in [-0.2, 0) is 11.2 Å². The van der Waals surface area contributed by atoms with Gasteiger partial charge in [0.15, 0.2) is 0 Å². The predicted molar refractivity (Wildman–Crippen MR) is 66.0 cm³/mol. The van der Waals surface area contributed by atoms with Crippen molar-refractivity contribution in [1.29, 1.82) is 0 Å². The third-order valence-electron chi connectivity index (χ3n) is 2.67. The topological polar surface area (TPSA) is 44.5 Å². The largest absolute Gasteiger partial charge is 0.496 e. The molecule has 1 aromatic carbocycles. The summed E-state index contributed by atoms with van der Waals surface area (Å²) in [6.45, 7) is 6.08. The van der Waals surface area contributed by atoms with Gasteiger partial charge in [-0.1, -0.05) is 6.07 Å². The van der Waals surface area contributed by atoms with Crippen molar-refractivity contribution in [2.45, 2.75) is 20.3 Å². The lowest BCUT2D eigenvalue weighted by molar-refractivity contribution is 0.144. The highest BCUT2D eigenvalue weighted by Gasteiger charge is 2.05. The van der Waals surface area contributed by atoms with Gasteiger partial charge in [-0.3, -0.25) is 0 Å². The van der Waals surface area contributed by atoms with E-state index in [-0.39, 0.29) is 0 Å². The zero-order chi connectivity index (χ0) is 12.0. The number of benzene rings is 1. The van der Waals surface area contributed by atoms with Crippen LogP contribution in [0, 0.1) is 13.8 Å². The fraction of sp³-hybridized carbons (Fsp3) is 0.538. The summed E-state index contributed by atoms with van der Waals surface area (Å²) in [7, 11) is 1.70. The van der Waals surface area contributed by atoms with Crippen molar-refractivity contribution >= 4 is 0 Å². The smallest absolute Gasteiger partial charge is 0.122 e. The van der Waals surface area contributed by atoms with Crippen molar-refractivity contribution in [3.05, 3.63) is 28.8 Å². The van der Waals surface area contributed by atoms with E-state index in [1.807, 2.05) is 0 Å². The fourth-order valence-corrected chi connectivity index (χ4v) is 1.60. The van der Waals surface area contributed by atoms with Crippen LogP contribution in [0.3, 0.4) is 0 Å². The first-order valence-corrected chi connectivity index (χ1v) is 5.61. The van der Waals surface area contributed by atoms with Gasteiger partial charge in [-0.15, -0.1) is 0 Å². The molecule has 0 aliphatic heterocycles. The van der Waals surface area contributed by atoms with Gasteiger partial charge in [0.1, 0.15) is 5.75 Å². The molecule has 90 valence electrons. The van der Waals surface area contributed by atoms with Crippen LogP contribution in [0.2, 0.25) is 0 Å². The Labute approximate surface area is 97.6 Å². The zero-order valence-corrected chi connectivity index (χ0v) is 10.4. The molecule has 0 atom stereocenters. The van der Waals surface area contributed by atoms with E-state index in [1.165, 1.54) is 16.7 Å². The normalized spacial score (nSPS) is 10.5. The molecule has 0 spiro atoms. The van der Waals surface area contributed by atoms with E-state index in [2.05, 4.69) is 26.0 Å². The van der Waals surface area contributed by atoms with E-state index >= 15 is 0 Å². The molecule has 2 N–H and O–H groups in total. The van der Waals surface area contributed by atoms with E-state index < -0.39 is 0 Å². The summed E-state index contributed by atoms with van der Waals surface area (Å²) in [5.74, 6) is 0.944. The molecule has 0 fully saturated rings. The number of rotatable bonds is 6.